The number of hydrogen-bond donors (Lipinski definition) is 2. The van der Waals surface area contributed by atoms with Crippen molar-refractivity contribution in [3.63, 3.8) is 0 Å². The fourth-order valence-corrected chi connectivity index (χ4v) is 4.11. The Balaban J connectivity index is 1.54. The summed E-state index contributed by atoms with van der Waals surface area (Å²) in [5.41, 5.74) is 5.75. The van der Waals surface area contributed by atoms with Crippen molar-refractivity contribution in [1.29, 1.82) is 0 Å². The van der Waals surface area contributed by atoms with Gasteiger partial charge in [-0.25, -0.2) is 0 Å². The summed E-state index contributed by atoms with van der Waals surface area (Å²) in [4.78, 5) is 49.0. The summed E-state index contributed by atoms with van der Waals surface area (Å²) in [6, 6.07) is 13.1. The molecule has 0 bridgehead atoms. The standard InChI is InChI=1S/C21H18N4O5S2/c1-13-6-8-14(9-7-13)12-17-20(28)24(21(31)32-17)11-10-18(26)22-23-19(27)15-4-2-3-5-16(15)25(29)30/h2-9,12H,10-11H2,1H3,(H,22,26)(H,23,27)/b17-12-. The molecular formula is C21H18N4O5S2. The molecule has 1 fully saturated rings. The maximum absolute atomic E-state index is 12.6. The Morgan fingerprint density at radius 2 is 1.84 bits per heavy atom. The topological polar surface area (TPSA) is 122 Å². The van der Waals surface area contributed by atoms with Gasteiger partial charge in [0.15, 0.2) is 0 Å². The van der Waals surface area contributed by atoms with Crippen molar-refractivity contribution in [2.75, 3.05) is 6.54 Å². The zero-order valence-corrected chi connectivity index (χ0v) is 18.5. The van der Waals surface area contributed by atoms with E-state index in [9.17, 15) is 24.5 Å². The molecule has 2 N–H and O–H groups in total. The smallest absolute Gasteiger partial charge is 0.282 e. The molecule has 0 aromatic heterocycles. The van der Waals surface area contributed by atoms with Crippen LogP contribution in [0.2, 0.25) is 0 Å². The first-order chi connectivity index (χ1) is 15.3. The van der Waals surface area contributed by atoms with Crippen molar-refractivity contribution in [3.8, 4) is 0 Å². The number of para-hydroxylation sites is 1. The Hall–Kier alpha value is -3.57. The molecule has 1 saturated heterocycles. The molecule has 2 aromatic carbocycles. The summed E-state index contributed by atoms with van der Waals surface area (Å²) in [6.07, 6.45) is 1.62. The number of carbonyl (C=O) groups is 3. The van der Waals surface area contributed by atoms with E-state index in [1.54, 1.807) is 6.08 Å². The molecule has 0 spiro atoms. The number of benzene rings is 2. The molecule has 1 heterocycles. The monoisotopic (exact) mass is 470 g/mol. The number of nitro groups is 1. The summed E-state index contributed by atoms with van der Waals surface area (Å²) in [5.74, 6) is -1.69. The number of aryl methyl sites for hydroxylation is 1. The molecular weight excluding hydrogens is 452 g/mol. The maximum Gasteiger partial charge on any atom is 0.282 e. The summed E-state index contributed by atoms with van der Waals surface area (Å²) in [5, 5.41) is 11.0. The summed E-state index contributed by atoms with van der Waals surface area (Å²) < 4.78 is 0.338. The molecule has 3 amide bonds. The van der Waals surface area contributed by atoms with Crippen molar-refractivity contribution in [1.82, 2.24) is 15.8 Å². The Labute approximate surface area is 193 Å². The number of nitrogens with zero attached hydrogens (tertiary/aromatic N) is 2. The average Bonchev–Trinajstić information content (AvgIpc) is 3.04. The second kappa shape index (κ2) is 10.2. The molecule has 2 aromatic rings. The van der Waals surface area contributed by atoms with Crippen LogP contribution >= 0.6 is 24.0 Å². The number of thiocarbonyl (C=S) groups is 1. The van der Waals surface area contributed by atoms with E-state index in [0.717, 1.165) is 22.9 Å². The third kappa shape index (κ3) is 5.56. The first-order valence-corrected chi connectivity index (χ1v) is 10.6. The Bertz CT molecular complexity index is 1130. The van der Waals surface area contributed by atoms with Crippen LogP contribution in [0.1, 0.15) is 27.9 Å². The van der Waals surface area contributed by atoms with Crippen molar-refractivity contribution >= 4 is 57.8 Å². The van der Waals surface area contributed by atoms with Crippen LogP contribution in [-0.2, 0) is 9.59 Å². The molecule has 0 atom stereocenters. The van der Waals surface area contributed by atoms with Crippen LogP contribution in [0, 0.1) is 17.0 Å². The fraction of sp³-hybridized carbons (Fsp3) is 0.143. The van der Waals surface area contributed by atoms with Gasteiger partial charge < -0.3 is 0 Å². The lowest BCUT2D eigenvalue weighted by atomic mass is 10.1. The van der Waals surface area contributed by atoms with Crippen molar-refractivity contribution < 1.29 is 19.3 Å². The summed E-state index contributed by atoms with van der Waals surface area (Å²) in [6.45, 7) is 2.00. The van der Waals surface area contributed by atoms with Crippen LogP contribution in [-0.4, -0.2) is 38.4 Å². The Morgan fingerprint density at radius 1 is 1.16 bits per heavy atom. The van der Waals surface area contributed by atoms with Gasteiger partial charge >= 0.3 is 0 Å². The van der Waals surface area contributed by atoms with Crippen LogP contribution < -0.4 is 10.9 Å². The molecule has 3 rings (SSSR count). The van der Waals surface area contributed by atoms with Gasteiger partial charge in [-0.05, 0) is 24.6 Å². The van der Waals surface area contributed by atoms with E-state index in [4.69, 9.17) is 12.2 Å². The molecule has 0 radical (unpaired) electrons. The molecule has 9 nitrogen and oxygen atoms in total. The van der Waals surface area contributed by atoms with E-state index >= 15 is 0 Å². The predicted octanol–water partition coefficient (Wildman–Crippen LogP) is 2.96. The van der Waals surface area contributed by atoms with Gasteiger partial charge in [0.2, 0.25) is 5.91 Å². The second-order valence-corrected chi connectivity index (χ2v) is 8.45. The number of nitrogens with one attached hydrogen (secondary N) is 2. The van der Waals surface area contributed by atoms with Crippen molar-refractivity contribution in [2.24, 2.45) is 0 Å². The summed E-state index contributed by atoms with van der Waals surface area (Å²) >= 11 is 6.41. The second-order valence-electron chi connectivity index (χ2n) is 6.77. The molecule has 11 heteroatoms. The molecule has 32 heavy (non-hydrogen) atoms. The number of hydrazine groups is 1. The molecule has 0 unspecified atom stereocenters. The van der Waals surface area contributed by atoms with E-state index in [2.05, 4.69) is 10.9 Å². The highest BCUT2D eigenvalue weighted by atomic mass is 32.2. The van der Waals surface area contributed by atoms with Gasteiger partial charge in [0.25, 0.3) is 17.5 Å². The highest BCUT2D eigenvalue weighted by molar-refractivity contribution is 8.26. The van der Waals surface area contributed by atoms with E-state index in [1.165, 1.54) is 29.2 Å². The van der Waals surface area contributed by atoms with Crippen molar-refractivity contribution in [2.45, 2.75) is 13.3 Å². The highest BCUT2D eigenvalue weighted by Gasteiger charge is 2.32. The number of thioether (sulfide) groups is 1. The number of carbonyl (C=O) groups excluding carboxylic acids is 3. The molecule has 164 valence electrons. The normalized spacial score (nSPS) is 14.5. The number of rotatable bonds is 6. The first-order valence-electron chi connectivity index (χ1n) is 9.41. The zero-order chi connectivity index (χ0) is 23.3. The quantitative estimate of drug-likeness (QED) is 0.288. The van der Waals surface area contributed by atoms with Crippen LogP contribution in [0.4, 0.5) is 5.69 Å². The highest BCUT2D eigenvalue weighted by Crippen LogP contribution is 2.32. The third-order valence-corrected chi connectivity index (χ3v) is 5.85. The largest absolute Gasteiger partial charge is 0.292 e. The van der Waals surface area contributed by atoms with Gasteiger partial charge in [0.05, 0.1) is 9.83 Å². The third-order valence-electron chi connectivity index (χ3n) is 4.47. The van der Waals surface area contributed by atoms with Gasteiger partial charge in [-0.15, -0.1) is 0 Å². The molecule has 1 aliphatic rings. The average molecular weight is 471 g/mol. The lowest BCUT2D eigenvalue weighted by Gasteiger charge is -2.14. The van der Waals surface area contributed by atoms with Gasteiger partial charge in [-0.2, -0.15) is 0 Å². The van der Waals surface area contributed by atoms with Gasteiger partial charge in [-0.1, -0.05) is 65.9 Å². The maximum atomic E-state index is 12.6. The van der Waals surface area contributed by atoms with Crippen LogP contribution in [0.25, 0.3) is 6.08 Å². The zero-order valence-electron chi connectivity index (χ0n) is 16.9. The lowest BCUT2D eigenvalue weighted by Crippen LogP contribution is -2.43. The first kappa shape index (κ1) is 23.1. The molecule has 0 aliphatic carbocycles. The van der Waals surface area contributed by atoms with E-state index in [-0.39, 0.29) is 30.1 Å². The fourth-order valence-electron chi connectivity index (χ4n) is 2.80. The number of hydrogen-bond acceptors (Lipinski definition) is 7. The Kier molecular flexibility index (Phi) is 7.33. The van der Waals surface area contributed by atoms with Crippen LogP contribution in [0.5, 0.6) is 0 Å². The van der Waals surface area contributed by atoms with E-state index in [1.807, 2.05) is 31.2 Å². The minimum absolute atomic E-state index is 0.0308. The van der Waals surface area contributed by atoms with Crippen molar-refractivity contribution in [3.05, 3.63) is 80.2 Å². The number of nitro benzene ring substituents is 1. The lowest BCUT2D eigenvalue weighted by molar-refractivity contribution is -0.385. The van der Waals surface area contributed by atoms with Gasteiger partial charge in [-0.3, -0.25) is 40.2 Å². The van der Waals surface area contributed by atoms with E-state index in [0.29, 0.717) is 9.23 Å². The van der Waals surface area contributed by atoms with Crippen LogP contribution in [0.15, 0.2) is 53.4 Å². The molecule has 1 aliphatic heterocycles. The SMILES string of the molecule is Cc1ccc(/C=C2\SC(=S)N(CCC(=O)NNC(=O)c3ccccc3[N+](=O)[O-])C2=O)cc1. The minimum Gasteiger partial charge on any atom is -0.292 e. The Morgan fingerprint density at radius 3 is 2.53 bits per heavy atom. The van der Waals surface area contributed by atoms with Gasteiger partial charge in [0.1, 0.15) is 9.88 Å². The summed E-state index contributed by atoms with van der Waals surface area (Å²) in [7, 11) is 0. The minimum atomic E-state index is -0.822. The van der Waals surface area contributed by atoms with Crippen LogP contribution in [0.3, 0.4) is 0 Å². The number of amides is 3. The predicted molar refractivity (Wildman–Crippen MR) is 124 cm³/mol. The van der Waals surface area contributed by atoms with Gasteiger partial charge in [0, 0.05) is 19.0 Å². The molecule has 0 saturated carbocycles. The van der Waals surface area contributed by atoms with E-state index < -0.39 is 16.7 Å².